The Bertz CT molecular complexity index is 499. The van der Waals surface area contributed by atoms with Crippen LogP contribution in [0.25, 0.3) is 0 Å². The average molecular weight is 368 g/mol. The van der Waals surface area contributed by atoms with Crippen molar-refractivity contribution in [3.05, 3.63) is 24.3 Å². The van der Waals surface area contributed by atoms with Crippen molar-refractivity contribution in [3.8, 4) is 0 Å². The van der Waals surface area contributed by atoms with Crippen LogP contribution in [-0.4, -0.2) is 50.5 Å². The summed E-state index contributed by atoms with van der Waals surface area (Å²) in [6.45, 7) is 2.01. The third kappa shape index (κ3) is 8.25. The van der Waals surface area contributed by atoms with Crippen LogP contribution in [0.15, 0.2) is 24.3 Å². The number of rotatable bonds is 12. The van der Waals surface area contributed by atoms with Gasteiger partial charge in [0.15, 0.2) is 0 Å². The highest BCUT2D eigenvalue weighted by molar-refractivity contribution is 5.78. The second-order valence-electron chi connectivity index (χ2n) is 7.02. The molecule has 0 saturated heterocycles. The van der Waals surface area contributed by atoms with Gasteiger partial charge in [-0.2, -0.15) is 0 Å². The standard InChI is InChI=1S/C20H32O6/c1-2-3-4-7-14(21)10-11-16-17(19(24)13-18(16)23)12-15(22)8-5-6-9-20(25)26/h3-4,10-11,14,16-19,21,23-24H,2,5-9,12-13H2,1H3,(H,25,26)/b4-3+,11-10+/t14-,16-,17+,18+,19-/m0/s1. The SMILES string of the molecule is CC/C=C/C[C@H](O)/C=C/[C@H]1[C@@H](CC(=O)CCCCC(=O)O)[C@@H](O)C[C@H]1O. The average Bonchev–Trinajstić information content (AvgIpc) is 2.83. The van der Waals surface area contributed by atoms with Crippen molar-refractivity contribution < 1.29 is 30.0 Å². The third-order valence-corrected chi connectivity index (χ3v) is 4.81. The molecule has 0 aromatic carbocycles. The molecule has 0 aliphatic heterocycles. The van der Waals surface area contributed by atoms with E-state index in [0.717, 1.165) is 6.42 Å². The van der Waals surface area contributed by atoms with Crippen LogP contribution in [0.4, 0.5) is 0 Å². The molecule has 5 atom stereocenters. The van der Waals surface area contributed by atoms with E-state index >= 15 is 0 Å². The number of carboxylic acid groups (broad SMARTS) is 1. The zero-order valence-electron chi connectivity index (χ0n) is 15.5. The number of aliphatic carboxylic acids is 1. The number of ketones is 1. The maximum absolute atomic E-state index is 12.1. The number of carbonyl (C=O) groups excluding carboxylic acids is 1. The first-order valence-electron chi connectivity index (χ1n) is 9.46. The first-order chi connectivity index (χ1) is 12.3. The van der Waals surface area contributed by atoms with Gasteiger partial charge in [0.1, 0.15) is 5.78 Å². The molecule has 0 aromatic rings. The van der Waals surface area contributed by atoms with Crippen molar-refractivity contribution >= 4 is 11.8 Å². The fraction of sp³-hybridized carbons (Fsp3) is 0.700. The number of hydrogen-bond donors (Lipinski definition) is 4. The number of hydrogen-bond acceptors (Lipinski definition) is 5. The Morgan fingerprint density at radius 1 is 1.12 bits per heavy atom. The maximum Gasteiger partial charge on any atom is 0.303 e. The van der Waals surface area contributed by atoms with E-state index < -0.39 is 24.3 Å². The molecule has 0 aromatic heterocycles. The number of aliphatic hydroxyl groups excluding tert-OH is 3. The monoisotopic (exact) mass is 368 g/mol. The van der Waals surface area contributed by atoms with E-state index in [2.05, 4.69) is 0 Å². The molecule has 26 heavy (non-hydrogen) atoms. The second kappa shape index (κ2) is 12.0. The summed E-state index contributed by atoms with van der Waals surface area (Å²) in [4.78, 5) is 22.6. The summed E-state index contributed by atoms with van der Waals surface area (Å²) in [5.41, 5.74) is 0. The van der Waals surface area contributed by atoms with Crippen LogP contribution in [0.5, 0.6) is 0 Å². The van der Waals surface area contributed by atoms with Crippen molar-refractivity contribution in [3.63, 3.8) is 0 Å². The Morgan fingerprint density at radius 3 is 2.46 bits per heavy atom. The molecule has 0 radical (unpaired) electrons. The van der Waals surface area contributed by atoms with Gasteiger partial charge in [-0.3, -0.25) is 9.59 Å². The van der Waals surface area contributed by atoms with E-state index in [4.69, 9.17) is 5.11 Å². The zero-order valence-corrected chi connectivity index (χ0v) is 15.5. The minimum absolute atomic E-state index is 0.0293. The fourth-order valence-corrected chi connectivity index (χ4v) is 3.37. The van der Waals surface area contributed by atoms with Gasteiger partial charge in [-0.15, -0.1) is 0 Å². The van der Waals surface area contributed by atoms with Crippen LogP contribution in [0.3, 0.4) is 0 Å². The Balaban J connectivity index is 2.54. The second-order valence-corrected chi connectivity index (χ2v) is 7.02. The summed E-state index contributed by atoms with van der Waals surface area (Å²) in [6.07, 6.45) is 8.14. The predicted molar refractivity (Wildman–Crippen MR) is 98.5 cm³/mol. The molecular weight excluding hydrogens is 336 g/mol. The number of Topliss-reactive ketones (excluding diaryl/α,β-unsaturated/α-hetero) is 1. The molecule has 1 rings (SSSR count). The van der Waals surface area contributed by atoms with Crippen molar-refractivity contribution in [2.45, 2.75) is 76.6 Å². The highest BCUT2D eigenvalue weighted by atomic mass is 16.4. The molecule has 148 valence electrons. The number of carboxylic acids is 1. The van der Waals surface area contributed by atoms with Gasteiger partial charge in [-0.25, -0.2) is 0 Å². The molecule has 1 aliphatic carbocycles. The summed E-state index contributed by atoms with van der Waals surface area (Å²) >= 11 is 0. The van der Waals surface area contributed by atoms with Crippen LogP contribution in [0, 0.1) is 11.8 Å². The number of carbonyl (C=O) groups is 2. The van der Waals surface area contributed by atoms with Crippen molar-refractivity contribution in [2.24, 2.45) is 11.8 Å². The Hall–Kier alpha value is -1.50. The lowest BCUT2D eigenvalue weighted by Crippen LogP contribution is -2.24. The molecule has 1 fully saturated rings. The lowest BCUT2D eigenvalue weighted by atomic mass is 9.87. The third-order valence-electron chi connectivity index (χ3n) is 4.81. The molecule has 0 heterocycles. The molecule has 6 nitrogen and oxygen atoms in total. The van der Waals surface area contributed by atoms with E-state index in [1.54, 1.807) is 12.2 Å². The first kappa shape index (κ1) is 22.5. The van der Waals surface area contributed by atoms with E-state index in [1.807, 2.05) is 19.1 Å². The minimum atomic E-state index is -0.871. The Labute approximate surface area is 155 Å². The Kier molecular flexibility index (Phi) is 10.4. The van der Waals surface area contributed by atoms with Gasteiger partial charge in [-0.1, -0.05) is 31.2 Å². The first-order valence-corrected chi connectivity index (χ1v) is 9.46. The lowest BCUT2D eigenvalue weighted by molar-refractivity contribution is -0.137. The molecule has 0 unspecified atom stereocenters. The van der Waals surface area contributed by atoms with Crippen LogP contribution >= 0.6 is 0 Å². The van der Waals surface area contributed by atoms with Crippen LogP contribution in [-0.2, 0) is 9.59 Å². The molecule has 4 N–H and O–H groups in total. The predicted octanol–water partition coefficient (Wildman–Crippen LogP) is 2.22. The van der Waals surface area contributed by atoms with Gasteiger partial charge in [0.25, 0.3) is 0 Å². The summed E-state index contributed by atoms with van der Waals surface area (Å²) in [6, 6.07) is 0. The molecule has 0 amide bonds. The Morgan fingerprint density at radius 2 is 1.81 bits per heavy atom. The van der Waals surface area contributed by atoms with Gasteiger partial charge >= 0.3 is 5.97 Å². The van der Waals surface area contributed by atoms with Crippen LogP contribution in [0.2, 0.25) is 0 Å². The summed E-state index contributed by atoms with van der Waals surface area (Å²) in [5, 5.41) is 38.9. The largest absolute Gasteiger partial charge is 0.481 e. The maximum atomic E-state index is 12.1. The van der Waals surface area contributed by atoms with Gasteiger partial charge in [0.05, 0.1) is 18.3 Å². The lowest BCUT2D eigenvalue weighted by Gasteiger charge is -2.20. The fourth-order valence-electron chi connectivity index (χ4n) is 3.37. The quantitative estimate of drug-likeness (QED) is 0.310. The van der Waals surface area contributed by atoms with Gasteiger partial charge in [0, 0.05) is 37.5 Å². The molecule has 6 heteroatoms. The van der Waals surface area contributed by atoms with Gasteiger partial charge in [-0.05, 0) is 25.7 Å². The van der Waals surface area contributed by atoms with E-state index in [0.29, 0.717) is 19.3 Å². The molecule has 0 bridgehead atoms. The van der Waals surface area contributed by atoms with E-state index in [9.17, 15) is 24.9 Å². The van der Waals surface area contributed by atoms with E-state index in [-0.39, 0.29) is 43.3 Å². The number of allylic oxidation sites excluding steroid dienone is 1. The van der Waals surface area contributed by atoms with Crippen LogP contribution in [0.1, 0.15) is 58.3 Å². The summed E-state index contributed by atoms with van der Waals surface area (Å²) in [7, 11) is 0. The smallest absolute Gasteiger partial charge is 0.303 e. The van der Waals surface area contributed by atoms with Crippen molar-refractivity contribution in [1.29, 1.82) is 0 Å². The normalized spacial score (nSPS) is 27.4. The topological polar surface area (TPSA) is 115 Å². The van der Waals surface area contributed by atoms with Crippen LogP contribution < -0.4 is 0 Å². The van der Waals surface area contributed by atoms with Crippen molar-refractivity contribution in [1.82, 2.24) is 0 Å². The number of unbranched alkanes of at least 4 members (excludes halogenated alkanes) is 1. The van der Waals surface area contributed by atoms with Crippen molar-refractivity contribution in [2.75, 3.05) is 0 Å². The molecule has 1 saturated carbocycles. The molecule has 0 spiro atoms. The number of aliphatic hydroxyl groups is 3. The zero-order chi connectivity index (χ0) is 19.5. The molecule has 1 aliphatic rings. The summed E-state index contributed by atoms with van der Waals surface area (Å²) < 4.78 is 0. The summed E-state index contributed by atoms with van der Waals surface area (Å²) in [5.74, 6) is -1.63. The highest BCUT2D eigenvalue weighted by Gasteiger charge is 2.41. The molecular formula is C20H32O6. The van der Waals surface area contributed by atoms with E-state index in [1.165, 1.54) is 0 Å². The van der Waals surface area contributed by atoms with Gasteiger partial charge < -0.3 is 20.4 Å². The minimum Gasteiger partial charge on any atom is -0.481 e. The van der Waals surface area contributed by atoms with Gasteiger partial charge in [0.2, 0.25) is 0 Å². The highest BCUT2D eigenvalue weighted by Crippen LogP contribution is 2.36.